The number of alkyl halides is 1. The van der Waals surface area contributed by atoms with Gasteiger partial charge in [-0.25, -0.2) is 13.6 Å². The summed E-state index contributed by atoms with van der Waals surface area (Å²) in [6, 6.07) is 4.36. The van der Waals surface area contributed by atoms with Gasteiger partial charge in [0.05, 0.1) is 44.2 Å². The van der Waals surface area contributed by atoms with Gasteiger partial charge in [-0.3, -0.25) is 9.69 Å². The second-order valence-electron chi connectivity index (χ2n) is 7.36. The van der Waals surface area contributed by atoms with E-state index in [4.69, 9.17) is 14.2 Å². The molecule has 3 fully saturated rings. The van der Waals surface area contributed by atoms with E-state index in [9.17, 15) is 18.4 Å². The van der Waals surface area contributed by atoms with Crippen molar-refractivity contribution in [2.45, 2.75) is 31.4 Å². The van der Waals surface area contributed by atoms with Crippen LogP contribution in [0.5, 0.6) is 0 Å². The van der Waals surface area contributed by atoms with Crippen molar-refractivity contribution in [1.82, 2.24) is 5.32 Å². The predicted octanol–water partition coefficient (Wildman–Crippen LogP) is 1.58. The summed E-state index contributed by atoms with van der Waals surface area (Å²) in [6.45, 7) is 2.83. The Labute approximate surface area is 166 Å². The normalized spacial score (nSPS) is 26.1. The number of nitrogens with zero attached hydrogens (tertiary/aromatic N) is 2. The van der Waals surface area contributed by atoms with E-state index >= 15 is 0 Å². The van der Waals surface area contributed by atoms with Gasteiger partial charge in [0.15, 0.2) is 6.17 Å². The second kappa shape index (κ2) is 7.75. The lowest BCUT2D eigenvalue weighted by Crippen LogP contribution is -2.54. The number of nitrogens with one attached hydrogen (secondary N) is 1. The second-order valence-corrected chi connectivity index (χ2v) is 7.36. The van der Waals surface area contributed by atoms with E-state index in [-0.39, 0.29) is 31.2 Å². The first-order valence-corrected chi connectivity index (χ1v) is 9.57. The zero-order chi connectivity index (χ0) is 20.6. The summed E-state index contributed by atoms with van der Waals surface area (Å²) in [6.07, 6.45) is -2.20. The minimum atomic E-state index is -1.39. The van der Waals surface area contributed by atoms with Crippen molar-refractivity contribution in [3.63, 3.8) is 0 Å². The highest BCUT2D eigenvalue weighted by Gasteiger charge is 2.49. The third-order valence-electron chi connectivity index (χ3n) is 5.40. The Morgan fingerprint density at radius 1 is 1.31 bits per heavy atom. The zero-order valence-corrected chi connectivity index (χ0v) is 16.0. The molecule has 10 heteroatoms. The molecular weight excluding hydrogens is 388 g/mol. The average Bonchev–Trinajstić information content (AvgIpc) is 3.30. The Balaban J connectivity index is 1.43. The molecule has 0 bridgehead atoms. The van der Waals surface area contributed by atoms with Crippen molar-refractivity contribution in [3.05, 3.63) is 24.0 Å². The molecule has 4 rings (SSSR count). The van der Waals surface area contributed by atoms with Crippen LogP contribution in [0.1, 0.15) is 13.3 Å². The monoisotopic (exact) mass is 411 g/mol. The number of rotatable bonds is 4. The molecule has 3 saturated heterocycles. The summed E-state index contributed by atoms with van der Waals surface area (Å²) in [5, 5.41) is 2.59. The molecule has 2 amide bonds. The Morgan fingerprint density at radius 3 is 2.72 bits per heavy atom. The first-order valence-electron chi connectivity index (χ1n) is 9.57. The van der Waals surface area contributed by atoms with Gasteiger partial charge >= 0.3 is 6.09 Å². The molecule has 2 unspecified atom stereocenters. The van der Waals surface area contributed by atoms with Crippen LogP contribution in [0.25, 0.3) is 0 Å². The van der Waals surface area contributed by atoms with Crippen molar-refractivity contribution < 1.29 is 32.6 Å². The molecule has 158 valence electrons. The predicted molar refractivity (Wildman–Crippen MR) is 99.1 cm³/mol. The summed E-state index contributed by atoms with van der Waals surface area (Å²) in [5.74, 6) is -2.00. The molecule has 0 aliphatic carbocycles. The maximum atomic E-state index is 14.8. The van der Waals surface area contributed by atoms with Crippen LogP contribution in [-0.2, 0) is 19.0 Å². The minimum Gasteiger partial charge on any atom is -0.442 e. The molecule has 3 heterocycles. The number of piperidine rings is 1. The van der Waals surface area contributed by atoms with Gasteiger partial charge < -0.3 is 24.4 Å². The third kappa shape index (κ3) is 3.86. The number of halogens is 2. The molecule has 1 aromatic carbocycles. The molecule has 0 saturated carbocycles. The zero-order valence-electron chi connectivity index (χ0n) is 16.0. The van der Waals surface area contributed by atoms with E-state index in [1.807, 2.05) is 0 Å². The van der Waals surface area contributed by atoms with E-state index in [1.165, 1.54) is 24.0 Å². The van der Waals surface area contributed by atoms with E-state index in [0.29, 0.717) is 31.9 Å². The summed E-state index contributed by atoms with van der Waals surface area (Å²) in [7, 11) is 0. The van der Waals surface area contributed by atoms with Gasteiger partial charge in [-0.15, -0.1) is 0 Å². The number of cyclic esters (lactones) is 1. The Morgan fingerprint density at radius 2 is 2.07 bits per heavy atom. The molecule has 29 heavy (non-hydrogen) atoms. The lowest BCUT2D eigenvalue weighted by Gasteiger charge is -2.41. The number of carbonyl (C=O) groups excluding carboxylic acids is 2. The lowest BCUT2D eigenvalue weighted by molar-refractivity contribution is -0.207. The maximum Gasteiger partial charge on any atom is 0.414 e. The minimum absolute atomic E-state index is 0.0409. The van der Waals surface area contributed by atoms with E-state index in [0.717, 1.165) is 0 Å². The molecule has 8 nitrogen and oxygen atoms in total. The number of hydrogen-bond acceptors (Lipinski definition) is 6. The molecule has 3 aliphatic heterocycles. The Kier molecular flexibility index (Phi) is 5.30. The maximum absolute atomic E-state index is 14.8. The van der Waals surface area contributed by atoms with Gasteiger partial charge in [0.2, 0.25) is 11.7 Å². The van der Waals surface area contributed by atoms with Crippen LogP contribution in [0.3, 0.4) is 0 Å². The van der Waals surface area contributed by atoms with Crippen molar-refractivity contribution in [2.24, 2.45) is 0 Å². The largest absolute Gasteiger partial charge is 0.442 e. The highest BCUT2D eigenvalue weighted by atomic mass is 19.1. The third-order valence-corrected chi connectivity index (χ3v) is 5.40. The van der Waals surface area contributed by atoms with Gasteiger partial charge in [-0.2, -0.15) is 0 Å². The Hall–Kier alpha value is -2.46. The number of anilines is 2. The first-order chi connectivity index (χ1) is 13.9. The van der Waals surface area contributed by atoms with E-state index in [1.54, 1.807) is 11.0 Å². The number of benzene rings is 1. The Bertz CT molecular complexity index is 802. The highest BCUT2D eigenvalue weighted by molar-refractivity contribution is 5.90. The molecule has 0 radical (unpaired) electrons. The summed E-state index contributed by atoms with van der Waals surface area (Å²) >= 11 is 0. The first kappa shape index (κ1) is 19.8. The van der Waals surface area contributed by atoms with Crippen LogP contribution in [0.15, 0.2) is 18.2 Å². The number of carbonyl (C=O) groups is 2. The summed E-state index contributed by atoms with van der Waals surface area (Å²) in [5.41, 5.74) is 0.598. The van der Waals surface area contributed by atoms with Crippen molar-refractivity contribution in [1.29, 1.82) is 0 Å². The van der Waals surface area contributed by atoms with Gasteiger partial charge in [-0.1, -0.05) is 0 Å². The number of amides is 2. The van der Waals surface area contributed by atoms with Gasteiger partial charge in [0.1, 0.15) is 11.9 Å². The van der Waals surface area contributed by atoms with Crippen molar-refractivity contribution in [2.75, 3.05) is 49.2 Å². The van der Waals surface area contributed by atoms with Crippen LogP contribution in [-0.4, -0.2) is 69.5 Å². The fourth-order valence-corrected chi connectivity index (χ4v) is 3.90. The quantitative estimate of drug-likeness (QED) is 0.811. The molecular formula is C19H23F2N3O5. The molecule has 1 aromatic rings. The van der Waals surface area contributed by atoms with Crippen LogP contribution < -0.4 is 15.1 Å². The van der Waals surface area contributed by atoms with Gasteiger partial charge in [0.25, 0.3) is 0 Å². The number of hydrogen-bond donors (Lipinski definition) is 1. The van der Waals surface area contributed by atoms with Crippen LogP contribution in [0, 0.1) is 5.82 Å². The van der Waals surface area contributed by atoms with Crippen molar-refractivity contribution >= 4 is 23.4 Å². The highest BCUT2D eigenvalue weighted by Crippen LogP contribution is 2.37. The van der Waals surface area contributed by atoms with Crippen molar-refractivity contribution in [3.8, 4) is 0 Å². The van der Waals surface area contributed by atoms with Crippen LogP contribution >= 0.6 is 0 Å². The van der Waals surface area contributed by atoms with Crippen LogP contribution in [0.4, 0.5) is 25.0 Å². The molecule has 3 aliphatic rings. The summed E-state index contributed by atoms with van der Waals surface area (Å²) in [4.78, 5) is 26.0. The number of ether oxygens (including phenoxy) is 3. The molecule has 0 aromatic heterocycles. The fraction of sp³-hybridized carbons (Fsp3) is 0.579. The van der Waals surface area contributed by atoms with E-state index < -0.39 is 30.0 Å². The van der Waals surface area contributed by atoms with Crippen LogP contribution in [0.2, 0.25) is 0 Å². The standard InChI is InChI=1S/C19H23F2N3O5/c1-12(25)22-9-14-10-24(18(26)29-14)13-2-3-16(15(20)8-13)23-5-4-19(17(21)11-23)27-6-7-28-19/h2-3,8,14,17H,4-7,9-11H2,1H3,(H,22,25). The smallest absolute Gasteiger partial charge is 0.414 e. The molecule has 1 N–H and O–H groups in total. The van der Waals surface area contributed by atoms with Gasteiger partial charge in [0, 0.05) is 19.9 Å². The summed E-state index contributed by atoms with van der Waals surface area (Å²) < 4.78 is 45.5. The lowest BCUT2D eigenvalue weighted by atomic mass is 10.0. The topological polar surface area (TPSA) is 80.3 Å². The fourth-order valence-electron chi connectivity index (χ4n) is 3.90. The van der Waals surface area contributed by atoms with Gasteiger partial charge in [-0.05, 0) is 18.2 Å². The SMILES string of the molecule is CC(=O)NCC1CN(c2ccc(N3CCC4(OCCO4)C(F)C3)c(F)c2)C(=O)O1. The molecule has 1 spiro atoms. The molecule has 2 atom stereocenters. The average molecular weight is 411 g/mol. The van der Waals surface area contributed by atoms with E-state index in [2.05, 4.69) is 5.32 Å².